The van der Waals surface area contributed by atoms with Gasteiger partial charge in [-0.25, -0.2) is 12.7 Å². The topological polar surface area (TPSA) is 87.8 Å². The number of aliphatic imine (C=N–C) groups is 1. The second kappa shape index (κ2) is 7.99. The lowest BCUT2D eigenvalue weighted by atomic mass is 10.2. The number of nitrogens with zero attached hydrogens (tertiary/aromatic N) is 2. The monoisotopic (exact) mass is 312 g/mol. The maximum atomic E-state index is 11.6. The molecule has 6 nitrogen and oxygen atoms in total. The van der Waals surface area contributed by atoms with E-state index in [0.717, 1.165) is 11.3 Å². The fourth-order valence-corrected chi connectivity index (χ4v) is 2.61. The lowest BCUT2D eigenvalue weighted by Crippen LogP contribution is -2.30. The van der Waals surface area contributed by atoms with Crippen LogP contribution in [0.15, 0.2) is 29.3 Å². The summed E-state index contributed by atoms with van der Waals surface area (Å²) in [5, 5.41) is 3.01. The van der Waals surface area contributed by atoms with E-state index in [9.17, 15) is 8.42 Å². The van der Waals surface area contributed by atoms with Crippen LogP contribution in [0, 0.1) is 6.92 Å². The third-order valence-corrected chi connectivity index (χ3v) is 4.91. The Bertz CT molecular complexity index is 584. The van der Waals surface area contributed by atoms with E-state index >= 15 is 0 Å². The summed E-state index contributed by atoms with van der Waals surface area (Å²) in [4.78, 5) is 4.19. The fraction of sp³-hybridized carbons (Fsp3) is 0.500. The largest absolute Gasteiger partial charge is 0.370 e. The SMILES string of the molecule is CCS(=O)(=O)N(C)CCCN=C(N)Nc1cccc(C)c1. The molecule has 1 aromatic rings. The van der Waals surface area contributed by atoms with E-state index in [2.05, 4.69) is 10.3 Å². The molecule has 0 amide bonds. The molecule has 0 radical (unpaired) electrons. The molecule has 0 bridgehead atoms. The second-order valence-corrected chi connectivity index (χ2v) is 7.20. The van der Waals surface area contributed by atoms with Crippen molar-refractivity contribution in [1.29, 1.82) is 0 Å². The fourth-order valence-electron chi connectivity index (χ4n) is 1.76. The average Bonchev–Trinajstić information content (AvgIpc) is 2.43. The quantitative estimate of drug-likeness (QED) is 0.452. The molecule has 7 heteroatoms. The summed E-state index contributed by atoms with van der Waals surface area (Å²) >= 11 is 0. The Kier molecular flexibility index (Phi) is 6.64. The second-order valence-electron chi connectivity index (χ2n) is 4.84. The summed E-state index contributed by atoms with van der Waals surface area (Å²) in [6.07, 6.45) is 0.631. The van der Waals surface area contributed by atoms with Crippen LogP contribution in [0.2, 0.25) is 0 Å². The average molecular weight is 312 g/mol. The summed E-state index contributed by atoms with van der Waals surface area (Å²) in [6, 6.07) is 7.83. The summed E-state index contributed by atoms with van der Waals surface area (Å²) < 4.78 is 24.5. The Morgan fingerprint density at radius 2 is 2.14 bits per heavy atom. The first-order valence-corrected chi connectivity index (χ1v) is 8.53. The van der Waals surface area contributed by atoms with Crippen molar-refractivity contribution in [3.63, 3.8) is 0 Å². The normalized spacial score (nSPS) is 12.7. The molecule has 1 rings (SSSR count). The molecule has 3 N–H and O–H groups in total. The number of hydrogen-bond donors (Lipinski definition) is 2. The number of hydrogen-bond acceptors (Lipinski definition) is 3. The summed E-state index contributed by atoms with van der Waals surface area (Å²) in [5.41, 5.74) is 7.82. The van der Waals surface area contributed by atoms with Crippen LogP contribution in [0.1, 0.15) is 18.9 Å². The van der Waals surface area contributed by atoms with Crippen LogP contribution in [0.4, 0.5) is 5.69 Å². The highest BCUT2D eigenvalue weighted by atomic mass is 32.2. The van der Waals surface area contributed by atoms with Gasteiger partial charge in [-0.15, -0.1) is 0 Å². The Hall–Kier alpha value is -1.60. The van der Waals surface area contributed by atoms with Crippen LogP contribution in [0.5, 0.6) is 0 Å². The Morgan fingerprint density at radius 3 is 2.76 bits per heavy atom. The summed E-state index contributed by atoms with van der Waals surface area (Å²) in [5.74, 6) is 0.450. The van der Waals surface area contributed by atoms with E-state index in [1.165, 1.54) is 4.31 Å². The summed E-state index contributed by atoms with van der Waals surface area (Å²) in [7, 11) is -1.53. The minimum Gasteiger partial charge on any atom is -0.370 e. The molecule has 0 aromatic heterocycles. The van der Waals surface area contributed by atoms with Crippen molar-refractivity contribution in [2.24, 2.45) is 10.7 Å². The van der Waals surface area contributed by atoms with Crippen molar-refractivity contribution in [3.05, 3.63) is 29.8 Å². The molecule has 0 aliphatic carbocycles. The van der Waals surface area contributed by atoms with Gasteiger partial charge in [0.05, 0.1) is 5.75 Å². The zero-order chi connectivity index (χ0) is 15.9. The first-order valence-electron chi connectivity index (χ1n) is 6.93. The predicted octanol–water partition coefficient (Wildman–Crippen LogP) is 1.39. The van der Waals surface area contributed by atoms with Crippen LogP contribution in [0.25, 0.3) is 0 Å². The zero-order valence-corrected chi connectivity index (χ0v) is 13.7. The van der Waals surface area contributed by atoms with Gasteiger partial charge in [0.15, 0.2) is 5.96 Å². The smallest absolute Gasteiger partial charge is 0.213 e. The molecule has 118 valence electrons. The van der Waals surface area contributed by atoms with Gasteiger partial charge in [0, 0.05) is 25.8 Å². The highest BCUT2D eigenvalue weighted by molar-refractivity contribution is 7.89. The molecule has 0 saturated heterocycles. The van der Waals surface area contributed by atoms with Crippen LogP contribution < -0.4 is 11.1 Å². The van der Waals surface area contributed by atoms with Gasteiger partial charge in [-0.3, -0.25) is 4.99 Å². The molecule has 0 heterocycles. The first-order chi connectivity index (χ1) is 9.85. The molecule has 0 fully saturated rings. The number of anilines is 1. The van der Waals surface area contributed by atoms with Crippen molar-refractivity contribution in [1.82, 2.24) is 4.31 Å². The number of rotatable bonds is 7. The molecule has 0 unspecified atom stereocenters. The molecular formula is C14H24N4O2S. The molecule has 0 aliphatic heterocycles. The van der Waals surface area contributed by atoms with Crippen molar-refractivity contribution < 1.29 is 8.42 Å². The number of nitrogens with one attached hydrogen (secondary N) is 1. The molecular weight excluding hydrogens is 288 g/mol. The van der Waals surface area contributed by atoms with Gasteiger partial charge in [0.1, 0.15) is 0 Å². The van der Waals surface area contributed by atoms with Crippen LogP contribution >= 0.6 is 0 Å². The highest BCUT2D eigenvalue weighted by Crippen LogP contribution is 2.08. The van der Waals surface area contributed by atoms with Crippen molar-refractivity contribution in [2.75, 3.05) is 31.2 Å². The van der Waals surface area contributed by atoms with E-state index in [4.69, 9.17) is 5.73 Å². The van der Waals surface area contributed by atoms with Gasteiger partial charge in [-0.1, -0.05) is 12.1 Å². The van der Waals surface area contributed by atoms with Gasteiger partial charge in [0.2, 0.25) is 10.0 Å². The molecule has 0 aliphatic rings. The third kappa shape index (κ3) is 6.14. The highest BCUT2D eigenvalue weighted by Gasteiger charge is 2.13. The van der Waals surface area contributed by atoms with Gasteiger partial charge in [-0.05, 0) is 38.0 Å². The number of sulfonamides is 1. The lowest BCUT2D eigenvalue weighted by Gasteiger charge is -2.15. The number of aryl methyl sites for hydroxylation is 1. The number of nitrogens with two attached hydrogens (primary N) is 1. The molecule has 0 spiro atoms. The molecule has 21 heavy (non-hydrogen) atoms. The van der Waals surface area contributed by atoms with Gasteiger partial charge >= 0.3 is 0 Å². The van der Waals surface area contributed by atoms with Crippen molar-refractivity contribution >= 4 is 21.7 Å². The predicted molar refractivity (Wildman–Crippen MR) is 88.0 cm³/mol. The van der Waals surface area contributed by atoms with E-state index in [0.29, 0.717) is 25.5 Å². The van der Waals surface area contributed by atoms with Crippen LogP contribution in [-0.4, -0.2) is 44.6 Å². The van der Waals surface area contributed by atoms with Crippen LogP contribution in [0.3, 0.4) is 0 Å². The van der Waals surface area contributed by atoms with E-state index < -0.39 is 10.0 Å². The first kappa shape index (κ1) is 17.5. The maximum absolute atomic E-state index is 11.6. The molecule has 0 atom stereocenters. The maximum Gasteiger partial charge on any atom is 0.213 e. The van der Waals surface area contributed by atoms with Gasteiger partial charge in [-0.2, -0.15) is 0 Å². The van der Waals surface area contributed by atoms with Gasteiger partial charge < -0.3 is 11.1 Å². The van der Waals surface area contributed by atoms with E-state index in [-0.39, 0.29) is 5.75 Å². The minimum atomic E-state index is -3.11. The minimum absolute atomic E-state index is 0.115. The Balaban J connectivity index is 2.40. The van der Waals surface area contributed by atoms with E-state index in [1.54, 1.807) is 14.0 Å². The molecule has 1 aromatic carbocycles. The summed E-state index contributed by atoms with van der Waals surface area (Å²) in [6.45, 7) is 4.56. The zero-order valence-electron chi connectivity index (χ0n) is 12.8. The molecule has 0 saturated carbocycles. The number of benzene rings is 1. The van der Waals surface area contributed by atoms with Crippen molar-refractivity contribution in [2.45, 2.75) is 20.3 Å². The van der Waals surface area contributed by atoms with Gasteiger partial charge in [0.25, 0.3) is 0 Å². The standard InChI is InChI=1S/C14H24N4O2S/c1-4-21(19,20)18(3)10-6-9-16-14(15)17-13-8-5-7-12(2)11-13/h5,7-8,11H,4,6,9-10H2,1-3H3,(H3,15,16,17). The van der Waals surface area contributed by atoms with Crippen LogP contribution in [-0.2, 0) is 10.0 Å². The van der Waals surface area contributed by atoms with E-state index in [1.807, 2.05) is 31.2 Å². The number of guanidine groups is 1. The Morgan fingerprint density at radius 1 is 1.43 bits per heavy atom. The Labute approximate surface area is 127 Å². The van der Waals surface area contributed by atoms with Crippen molar-refractivity contribution in [3.8, 4) is 0 Å². The lowest BCUT2D eigenvalue weighted by molar-refractivity contribution is 0.465. The third-order valence-electron chi connectivity index (χ3n) is 3.04.